The summed E-state index contributed by atoms with van der Waals surface area (Å²) in [5, 5.41) is 3.73. The predicted octanol–water partition coefficient (Wildman–Crippen LogP) is 4.52. The standard InChI is InChI=1S/C22H24N2O/c1-14-7-9-15(10-8-14)21-18-6-4-5-17(18)19-13-16(22(25)24(2)3)11-12-20(19)23-21/h4-5,7-13,17-18,21,23H,6H2,1-3H3. The molecule has 1 aliphatic heterocycles. The van der Waals surface area contributed by atoms with Crippen molar-refractivity contribution in [3.05, 3.63) is 76.9 Å². The lowest BCUT2D eigenvalue weighted by atomic mass is 9.76. The van der Waals surface area contributed by atoms with Gasteiger partial charge in [-0.2, -0.15) is 0 Å². The summed E-state index contributed by atoms with van der Waals surface area (Å²) < 4.78 is 0. The molecule has 2 aliphatic rings. The van der Waals surface area contributed by atoms with E-state index in [1.165, 1.54) is 16.7 Å². The van der Waals surface area contributed by atoms with Crippen LogP contribution >= 0.6 is 0 Å². The van der Waals surface area contributed by atoms with Crippen molar-refractivity contribution in [2.75, 3.05) is 19.4 Å². The zero-order valence-electron chi connectivity index (χ0n) is 15.0. The van der Waals surface area contributed by atoms with Crippen LogP contribution in [-0.2, 0) is 0 Å². The number of fused-ring (bicyclic) bond motifs is 3. The van der Waals surface area contributed by atoms with Crippen LogP contribution < -0.4 is 5.32 Å². The number of nitrogens with one attached hydrogen (secondary N) is 1. The highest BCUT2D eigenvalue weighted by atomic mass is 16.2. The summed E-state index contributed by atoms with van der Waals surface area (Å²) in [6.07, 6.45) is 5.67. The summed E-state index contributed by atoms with van der Waals surface area (Å²) in [6.45, 7) is 2.12. The molecule has 3 unspecified atom stereocenters. The minimum absolute atomic E-state index is 0.0574. The maximum atomic E-state index is 12.3. The van der Waals surface area contributed by atoms with Crippen LogP contribution in [0.2, 0.25) is 0 Å². The molecular formula is C22H24N2O. The number of hydrogen-bond acceptors (Lipinski definition) is 2. The molecule has 3 atom stereocenters. The molecule has 0 aromatic heterocycles. The Bertz CT molecular complexity index is 836. The average molecular weight is 332 g/mol. The van der Waals surface area contributed by atoms with E-state index in [0.717, 1.165) is 17.7 Å². The molecule has 4 rings (SSSR count). The molecule has 1 amide bonds. The second-order valence-electron chi connectivity index (χ2n) is 7.39. The normalized spacial score (nSPS) is 23.6. The van der Waals surface area contributed by atoms with Crippen LogP contribution in [0.4, 0.5) is 5.69 Å². The Morgan fingerprint density at radius 1 is 1.12 bits per heavy atom. The minimum atomic E-state index is 0.0574. The highest BCUT2D eigenvalue weighted by molar-refractivity contribution is 5.94. The Hall–Kier alpha value is -2.55. The maximum absolute atomic E-state index is 12.3. The summed E-state index contributed by atoms with van der Waals surface area (Å²) in [5.74, 6) is 0.930. The van der Waals surface area contributed by atoms with Gasteiger partial charge in [-0.15, -0.1) is 0 Å². The molecule has 0 radical (unpaired) electrons. The van der Waals surface area contributed by atoms with Crippen LogP contribution in [0.3, 0.4) is 0 Å². The third-order valence-corrected chi connectivity index (χ3v) is 5.45. The number of benzene rings is 2. The molecule has 3 nitrogen and oxygen atoms in total. The molecule has 0 bridgehead atoms. The van der Waals surface area contributed by atoms with Crippen LogP contribution in [0, 0.1) is 12.8 Å². The van der Waals surface area contributed by atoms with Gasteiger partial charge < -0.3 is 10.2 Å². The van der Waals surface area contributed by atoms with E-state index in [9.17, 15) is 4.79 Å². The number of carbonyl (C=O) groups excluding carboxylic acids is 1. The van der Waals surface area contributed by atoms with Gasteiger partial charge in [-0.25, -0.2) is 0 Å². The highest BCUT2D eigenvalue weighted by Gasteiger charge is 2.38. The van der Waals surface area contributed by atoms with Gasteiger partial charge in [0.05, 0.1) is 6.04 Å². The molecule has 3 heteroatoms. The Labute approximate surface area is 149 Å². The lowest BCUT2D eigenvalue weighted by Gasteiger charge is -2.37. The van der Waals surface area contributed by atoms with E-state index >= 15 is 0 Å². The SMILES string of the molecule is Cc1ccc(C2Nc3ccc(C(=O)N(C)C)cc3C3C=CCC32)cc1. The van der Waals surface area contributed by atoms with Crippen molar-refractivity contribution in [1.82, 2.24) is 4.90 Å². The monoisotopic (exact) mass is 332 g/mol. The number of aryl methyl sites for hydroxylation is 1. The molecule has 0 fully saturated rings. The molecule has 2 aromatic carbocycles. The summed E-state index contributed by atoms with van der Waals surface area (Å²) in [4.78, 5) is 14.0. The first kappa shape index (κ1) is 15.9. The number of carbonyl (C=O) groups is 1. The van der Waals surface area contributed by atoms with Gasteiger partial charge in [0.25, 0.3) is 5.91 Å². The summed E-state index contributed by atoms with van der Waals surface area (Å²) in [7, 11) is 3.59. The summed E-state index contributed by atoms with van der Waals surface area (Å²) >= 11 is 0. The maximum Gasteiger partial charge on any atom is 0.253 e. The first-order valence-corrected chi connectivity index (χ1v) is 8.90. The van der Waals surface area contributed by atoms with Crippen molar-refractivity contribution in [3.63, 3.8) is 0 Å². The molecule has 0 saturated heterocycles. The zero-order valence-corrected chi connectivity index (χ0v) is 15.0. The van der Waals surface area contributed by atoms with E-state index in [0.29, 0.717) is 17.9 Å². The van der Waals surface area contributed by atoms with Crippen LogP contribution in [0.5, 0.6) is 0 Å². The number of amides is 1. The second-order valence-corrected chi connectivity index (χ2v) is 7.39. The van der Waals surface area contributed by atoms with Crippen molar-refractivity contribution in [1.29, 1.82) is 0 Å². The van der Waals surface area contributed by atoms with Gasteiger partial charge in [0.15, 0.2) is 0 Å². The van der Waals surface area contributed by atoms with Gasteiger partial charge in [-0.05, 0) is 48.6 Å². The Morgan fingerprint density at radius 2 is 1.88 bits per heavy atom. The van der Waals surface area contributed by atoms with Crippen molar-refractivity contribution in [2.45, 2.75) is 25.3 Å². The molecule has 1 aliphatic carbocycles. The number of hydrogen-bond donors (Lipinski definition) is 1. The summed E-state index contributed by atoms with van der Waals surface area (Å²) in [6, 6.07) is 15.2. The lowest BCUT2D eigenvalue weighted by molar-refractivity contribution is 0.0827. The third-order valence-electron chi connectivity index (χ3n) is 5.45. The quantitative estimate of drug-likeness (QED) is 0.820. The van der Waals surface area contributed by atoms with Crippen LogP contribution in [0.25, 0.3) is 0 Å². The van der Waals surface area contributed by atoms with Crippen LogP contribution in [-0.4, -0.2) is 24.9 Å². The largest absolute Gasteiger partial charge is 0.378 e. The van der Waals surface area contributed by atoms with E-state index in [1.54, 1.807) is 19.0 Å². The molecule has 0 spiro atoms. The first-order chi connectivity index (χ1) is 12.0. The van der Waals surface area contributed by atoms with Crippen LogP contribution in [0.1, 0.15) is 45.4 Å². The van der Waals surface area contributed by atoms with E-state index in [1.807, 2.05) is 6.07 Å². The number of rotatable bonds is 2. The van der Waals surface area contributed by atoms with E-state index in [-0.39, 0.29) is 5.91 Å². The Morgan fingerprint density at radius 3 is 2.60 bits per heavy atom. The Balaban J connectivity index is 1.73. The minimum Gasteiger partial charge on any atom is -0.378 e. The van der Waals surface area contributed by atoms with Gasteiger partial charge in [-0.1, -0.05) is 42.0 Å². The lowest BCUT2D eigenvalue weighted by Crippen LogP contribution is -2.29. The first-order valence-electron chi connectivity index (χ1n) is 8.90. The smallest absolute Gasteiger partial charge is 0.253 e. The predicted molar refractivity (Wildman–Crippen MR) is 102 cm³/mol. The summed E-state index contributed by atoms with van der Waals surface area (Å²) in [5.41, 5.74) is 5.78. The fraction of sp³-hybridized carbons (Fsp3) is 0.318. The molecular weight excluding hydrogens is 308 g/mol. The van der Waals surface area contributed by atoms with Gasteiger partial charge in [0.2, 0.25) is 0 Å². The van der Waals surface area contributed by atoms with Crippen LogP contribution in [0.15, 0.2) is 54.6 Å². The number of anilines is 1. The zero-order chi connectivity index (χ0) is 17.6. The second kappa shape index (κ2) is 6.07. The van der Waals surface area contributed by atoms with Crippen molar-refractivity contribution in [3.8, 4) is 0 Å². The van der Waals surface area contributed by atoms with E-state index < -0.39 is 0 Å². The topological polar surface area (TPSA) is 32.3 Å². The molecule has 1 heterocycles. The average Bonchev–Trinajstić information content (AvgIpc) is 3.10. The molecule has 2 aromatic rings. The van der Waals surface area contributed by atoms with E-state index in [4.69, 9.17) is 0 Å². The highest BCUT2D eigenvalue weighted by Crippen LogP contribution is 2.49. The molecule has 1 N–H and O–H groups in total. The van der Waals surface area contributed by atoms with Crippen molar-refractivity contribution >= 4 is 11.6 Å². The molecule has 0 saturated carbocycles. The van der Waals surface area contributed by atoms with Crippen molar-refractivity contribution < 1.29 is 4.79 Å². The fourth-order valence-corrected chi connectivity index (χ4v) is 4.09. The number of allylic oxidation sites excluding steroid dienone is 2. The number of nitrogens with zero attached hydrogens (tertiary/aromatic N) is 1. The Kier molecular flexibility index (Phi) is 3.87. The van der Waals surface area contributed by atoms with Gasteiger partial charge in [-0.3, -0.25) is 4.79 Å². The van der Waals surface area contributed by atoms with Gasteiger partial charge >= 0.3 is 0 Å². The molecule has 25 heavy (non-hydrogen) atoms. The fourth-order valence-electron chi connectivity index (χ4n) is 4.09. The van der Waals surface area contributed by atoms with Gasteiger partial charge in [0, 0.05) is 31.3 Å². The van der Waals surface area contributed by atoms with E-state index in [2.05, 4.69) is 60.8 Å². The molecule has 128 valence electrons. The van der Waals surface area contributed by atoms with Crippen molar-refractivity contribution in [2.24, 2.45) is 5.92 Å². The van der Waals surface area contributed by atoms with Gasteiger partial charge in [0.1, 0.15) is 0 Å². The third kappa shape index (κ3) is 2.74.